The zero-order valence-corrected chi connectivity index (χ0v) is 10.5. The molecular formula is C11H12N4O2S. The Bertz CT molecular complexity index is 587. The molecule has 0 radical (unpaired) electrons. The number of aromatic nitrogens is 2. The molecule has 94 valence electrons. The number of anilines is 1. The summed E-state index contributed by atoms with van der Waals surface area (Å²) in [4.78, 5) is 23.3. The summed E-state index contributed by atoms with van der Waals surface area (Å²) in [5, 5.41) is 8.49. The molecule has 7 heteroatoms. The van der Waals surface area contributed by atoms with E-state index in [4.69, 9.17) is 5.73 Å². The Balaban J connectivity index is 2.06. The number of carbonyl (C=O) groups is 2. The fourth-order valence-corrected chi connectivity index (χ4v) is 2.29. The second kappa shape index (κ2) is 5.01. The van der Waals surface area contributed by atoms with Gasteiger partial charge in [-0.3, -0.25) is 14.3 Å². The van der Waals surface area contributed by atoms with Gasteiger partial charge in [0.05, 0.1) is 16.8 Å². The third-order valence-corrected chi connectivity index (χ3v) is 3.29. The molecule has 6 nitrogen and oxygen atoms in total. The molecule has 0 aliphatic heterocycles. The molecule has 0 spiro atoms. The highest BCUT2D eigenvalue weighted by Crippen LogP contribution is 2.17. The Kier molecular flexibility index (Phi) is 3.42. The van der Waals surface area contributed by atoms with Gasteiger partial charge in [0.2, 0.25) is 5.91 Å². The van der Waals surface area contributed by atoms with Crippen molar-refractivity contribution in [2.75, 3.05) is 5.32 Å². The van der Waals surface area contributed by atoms with Crippen molar-refractivity contribution in [2.24, 2.45) is 5.73 Å². The molecule has 2 amide bonds. The number of primary amides is 1. The van der Waals surface area contributed by atoms with Crippen LogP contribution in [0, 0.1) is 6.92 Å². The van der Waals surface area contributed by atoms with E-state index in [2.05, 4.69) is 10.4 Å². The number of hydrogen-bond donors (Lipinski definition) is 2. The Morgan fingerprint density at radius 3 is 2.94 bits per heavy atom. The Labute approximate surface area is 107 Å². The number of nitrogens with one attached hydrogen (secondary N) is 1. The smallest absolute Gasteiger partial charge is 0.266 e. The molecule has 0 aliphatic rings. The van der Waals surface area contributed by atoms with Crippen molar-refractivity contribution < 1.29 is 9.59 Å². The average Bonchev–Trinajstić information content (AvgIpc) is 2.87. The summed E-state index contributed by atoms with van der Waals surface area (Å²) >= 11 is 1.38. The van der Waals surface area contributed by atoms with Gasteiger partial charge in [-0.15, -0.1) is 11.3 Å². The average molecular weight is 264 g/mol. The monoisotopic (exact) mass is 264 g/mol. The number of hydrogen-bond acceptors (Lipinski definition) is 4. The van der Waals surface area contributed by atoms with Gasteiger partial charge in [-0.2, -0.15) is 5.10 Å². The van der Waals surface area contributed by atoms with Crippen molar-refractivity contribution >= 4 is 28.8 Å². The predicted octanol–water partition coefficient (Wildman–Crippen LogP) is 0.991. The lowest BCUT2D eigenvalue weighted by Gasteiger charge is -2.00. The molecule has 0 fully saturated rings. The lowest BCUT2D eigenvalue weighted by Crippen LogP contribution is -2.18. The van der Waals surface area contributed by atoms with Crippen molar-refractivity contribution in [2.45, 2.75) is 13.5 Å². The van der Waals surface area contributed by atoms with Gasteiger partial charge >= 0.3 is 0 Å². The highest BCUT2D eigenvalue weighted by molar-refractivity contribution is 7.12. The minimum atomic E-state index is -0.481. The molecular weight excluding hydrogens is 252 g/mol. The maximum atomic E-state index is 11.9. The molecule has 18 heavy (non-hydrogen) atoms. The maximum absolute atomic E-state index is 11.9. The first kappa shape index (κ1) is 12.3. The predicted molar refractivity (Wildman–Crippen MR) is 68.4 cm³/mol. The van der Waals surface area contributed by atoms with Gasteiger partial charge < -0.3 is 11.1 Å². The van der Waals surface area contributed by atoms with Crippen LogP contribution in [0.1, 0.15) is 15.2 Å². The van der Waals surface area contributed by atoms with Crippen LogP contribution in [-0.4, -0.2) is 21.6 Å². The van der Waals surface area contributed by atoms with Crippen LogP contribution in [0.2, 0.25) is 0 Å². The lowest BCUT2D eigenvalue weighted by atomic mass is 10.3. The van der Waals surface area contributed by atoms with Gasteiger partial charge in [0.25, 0.3) is 5.91 Å². The molecule has 0 unspecified atom stereocenters. The van der Waals surface area contributed by atoms with Gasteiger partial charge in [0.15, 0.2) is 0 Å². The fourth-order valence-electron chi connectivity index (χ4n) is 1.47. The van der Waals surface area contributed by atoms with E-state index < -0.39 is 5.91 Å². The summed E-state index contributed by atoms with van der Waals surface area (Å²) < 4.78 is 1.37. The Morgan fingerprint density at radius 1 is 1.56 bits per heavy atom. The largest absolute Gasteiger partial charge is 0.368 e. The van der Waals surface area contributed by atoms with Crippen LogP contribution in [0.25, 0.3) is 0 Å². The molecule has 0 aliphatic carbocycles. The minimum Gasteiger partial charge on any atom is -0.368 e. The van der Waals surface area contributed by atoms with Gasteiger partial charge in [-0.25, -0.2) is 0 Å². The van der Waals surface area contributed by atoms with Gasteiger partial charge in [0, 0.05) is 6.20 Å². The first-order valence-corrected chi connectivity index (χ1v) is 6.10. The van der Waals surface area contributed by atoms with E-state index in [0.717, 1.165) is 5.56 Å². The van der Waals surface area contributed by atoms with Crippen LogP contribution in [0.5, 0.6) is 0 Å². The summed E-state index contributed by atoms with van der Waals surface area (Å²) in [7, 11) is 0. The first-order chi connectivity index (χ1) is 8.56. The number of rotatable bonds is 4. The van der Waals surface area contributed by atoms with E-state index in [1.54, 1.807) is 6.20 Å². The number of nitrogens with zero attached hydrogens (tertiary/aromatic N) is 2. The number of nitrogens with two attached hydrogens (primary N) is 1. The lowest BCUT2D eigenvalue weighted by molar-refractivity contribution is -0.118. The molecule has 3 N–H and O–H groups in total. The molecule has 2 aromatic heterocycles. The number of thiophene rings is 1. The van der Waals surface area contributed by atoms with Crippen LogP contribution in [0.4, 0.5) is 5.69 Å². The quantitative estimate of drug-likeness (QED) is 0.862. The van der Waals surface area contributed by atoms with Crippen LogP contribution < -0.4 is 11.1 Å². The van der Waals surface area contributed by atoms with E-state index in [-0.39, 0.29) is 12.5 Å². The van der Waals surface area contributed by atoms with Gasteiger partial charge in [-0.05, 0) is 23.9 Å². The maximum Gasteiger partial charge on any atom is 0.266 e. The Hall–Kier alpha value is -2.15. The summed E-state index contributed by atoms with van der Waals surface area (Å²) in [6, 6.07) is 1.89. The van der Waals surface area contributed by atoms with E-state index in [9.17, 15) is 9.59 Å². The third kappa shape index (κ3) is 2.75. The molecule has 0 saturated carbocycles. The van der Waals surface area contributed by atoms with E-state index in [1.807, 2.05) is 18.4 Å². The van der Waals surface area contributed by atoms with E-state index in [1.165, 1.54) is 22.2 Å². The van der Waals surface area contributed by atoms with Gasteiger partial charge in [-0.1, -0.05) is 0 Å². The number of aryl methyl sites for hydroxylation is 1. The molecule has 2 rings (SSSR count). The van der Waals surface area contributed by atoms with Crippen LogP contribution in [0.3, 0.4) is 0 Å². The third-order valence-electron chi connectivity index (χ3n) is 2.28. The normalized spacial score (nSPS) is 10.3. The molecule has 0 aromatic carbocycles. The van der Waals surface area contributed by atoms with Crippen molar-refractivity contribution in [1.29, 1.82) is 0 Å². The fraction of sp³-hybridized carbons (Fsp3) is 0.182. The number of amides is 2. The zero-order chi connectivity index (χ0) is 13.1. The van der Waals surface area contributed by atoms with Crippen molar-refractivity contribution in [3.63, 3.8) is 0 Å². The SMILES string of the molecule is Cc1ccsc1C(=O)Nc1cnn(CC(N)=O)c1. The van der Waals surface area contributed by atoms with Crippen molar-refractivity contribution in [3.05, 3.63) is 34.3 Å². The van der Waals surface area contributed by atoms with Crippen molar-refractivity contribution in [1.82, 2.24) is 9.78 Å². The molecule has 0 saturated heterocycles. The summed E-state index contributed by atoms with van der Waals surface area (Å²) in [5.41, 5.74) is 6.52. The second-order valence-electron chi connectivity index (χ2n) is 3.78. The van der Waals surface area contributed by atoms with Gasteiger partial charge in [0.1, 0.15) is 6.54 Å². The molecule has 0 bridgehead atoms. The molecule has 2 aromatic rings. The standard InChI is InChI=1S/C11H12N4O2S/c1-7-2-3-18-10(7)11(17)14-8-4-13-15(5-8)6-9(12)16/h2-5H,6H2,1H3,(H2,12,16)(H,14,17). The summed E-state index contributed by atoms with van der Waals surface area (Å²) in [6.45, 7) is 1.87. The summed E-state index contributed by atoms with van der Waals surface area (Å²) in [5.74, 6) is -0.661. The van der Waals surface area contributed by atoms with E-state index in [0.29, 0.717) is 10.6 Å². The Morgan fingerprint density at radius 2 is 2.33 bits per heavy atom. The zero-order valence-electron chi connectivity index (χ0n) is 9.71. The molecule has 0 atom stereocenters. The topological polar surface area (TPSA) is 90.0 Å². The first-order valence-electron chi connectivity index (χ1n) is 5.22. The van der Waals surface area contributed by atoms with Crippen molar-refractivity contribution in [3.8, 4) is 0 Å². The highest BCUT2D eigenvalue weighted by atomic mass is 32.1. The summed E-state index contributed by atoms with van der Waals surface area (Å²) in [6.07, 6.45) is 3.04. The van der Waals surface area contributed by atoms with E-state index >= 15 is 0 Å². The second-order valence-corrected chi connectivity index (χ2v) is 4.70. The van der Waals surface area contributed by atoms with Crippen LogP contribution >= 0.6 is 11.3 Å². The van der Waals surface area contributed by atoms with Crippen LogP contribution in [-0.2, 0) is 11.3 Å². The highest BCUT2D eigenvalue weighted by Gasteiger charge is 2.11. The number of carbonyl (C=O) groups excluding carboxylic acids is 2. The molecule has 2 heterocycles. The minimum absolute atomic E-state index is 0.00605. The van der Waals surface area contributed by atoms with Crippen LogP contribution in [0.15, 0.2) is 23.8 Å².